The second-order valence-electron chi connectivity index (χ2n) is 6.36. The van der Waals surface area contributed by atoms with E-state index in [-0.39, 0.29) is 12.5 Å². The van der Waals surface area contributed by atoms with E-state index in [0.717, 1.165) is 32.7 Å². The van der Waals surface area contributed by atoms with E-state index in [1.54, 1.807) is 17.5 Å². The number of carbonyl (C=O) groups excluding carboxylic acids is 1. The molecule has 0 aliphatic rings. The molecular formula is C19H19N7OS2. The molecule has 0 saturated carbocycles. The van der Waals surface area contributed by atoms with Crippen LogP contribution in [0.15, 0.2) is 41.9 Å². The first-order valence-corrected chi connectivity index (χ1v) is 10.6. The number of amides is 1. The van der Waals surface area contributed by atoms with Crippen LogP contribution < -0.4 is 10.6 Å². The minimum absolute atomic E-state index is 0.0753. The highest BCUT2D eigenvalue weighted by Gasteiger charge is 2.13. The maximum absolute atomic E-state index is 12.3. The predicted octanol–water partition coefficient (Wildman–Crippen LogP) is 3.73. The molecule has 0 bridgehead atoms. The molecule has 0 aliphatic carbocycles. The summed E-state index contributed by atoms with van der Waals surface area (Å²) in [6, 6.07) is 9.85. The fourth-order valence-corrected chi connectivity index (χ4v) is 4.43. The van der Waals surface area contributed by atoms with Gasteiger partial charge in [0.1, 0.15) is 12.2 Å². The van der Waals surface area contributed by atoms with Gasteiger partial charge >= 0.3 is 0 Å². The molecule has 4 rings (SSSR count). The summed E-state index contributed by atoms with van der Waals surface area (Å²) in [6.45, 7) is 4.55. The van der Waals surface area contributed by atoms with E-state index in [4.69, 9.17) is 0 Å². The third kappa shape index (κ3) is 4.84. The number of anilines is 2. The summed E-state index contributed by atoms with van der Waals surface area (Å²) in [5.41, 5.74) is 3.55. The predicted molar refractivity (Wildman–Crippen MR) is 115 cm³/mol. The van der Waals surface area contributed by atoms with Crippen molar-refractivity contribution >= 4 is 39.4 Å². The van der Waals surface area contributed by atoms with Crippen molar-refractivity contribution in [1.82, 2.24) is 25.0 Å². The number of hydrogen-bond donors (Lipinski definition) is 2. The van der Waals surface area contributed by atoms with E-state index < -0.39 is 0 Å². The molecule has 8 nitrogen and oxygen atoms in total. The van der Waals surface area contributed by atoms with E-state index >= 15 is 0 Å². The Hall–Kier alpha value is -3.11. The molecule has 0 saturated heterocycles. The second-order valence-corrected chi connectivity index (χ2v) is 8.42. The SMILES string of the molecule is Cc1nc(C)c(-c2csc(NC(=O)Cn3cc(CNc4ccccc4)nn3)n2)s1. The maximum Gasteiger partial charge on any atom is 0.247 e. The zero-order chi connectivity index (χ0) is 20.2. The Kier molecular flexibility index (Phi) is 5.63. The number of nitrogens with zero attached hydrogens (tertiary/aromatic N) is 5. The molecule has 0 spiro atoms. The lowest BCUT2D eigenvalue weighted by atomic mass is 10.3. The molecule has 29 heavy (non-hydrogen) atoms. The van der Waals surface area contributed by atoms with Crippen LogP contribution in [0.5, 0.6) is 0 Å². The Morgan fingerprint density at radius 3 is 2.76 bits per heavy atom. The highest BCUT2D eigenvalue weighted by Crippen LogP contribution is 2.31. The minimum atomic E-state index is -0.199. The van der Waals surface area contributed by atoms with Crippen LogP contribution in [0.2, 0.25) is 0 Å². The van der Waals surface area contributed by atoms with Gasteiger partial charge in [-0.25, -0.2) is 14.6 Å². The molecule has 3 aromatic heterocycles. The van der Waals surface area contributed by atoms with Gasteiger partial charge in [0, 0.05) is 11.1 Å². The molecule has 0 fully saturated rings. The fraction of sp³-hybridized carbons (Fsp3) is 0.211. The molecular weight excluding hydrogens is 406 g/mol. The molecule has 4 aromatic rings. The Morgan fingerprint density at radius 1 is 1.17 bits per heavy atom. The summed E-state index contributed by atoms with van der Waals surface area (Å²) < 4.78 is 1.52. The van der Waals surface area contributed by atoms with E-state index in [9.17, 15) is 4.79 Å². The third-order valence-electron chi connectivity index (χ3n) is 4.03. The molecule has 3 heterocycles. The molecule has 1 amide bonds. The first-order valence-electron chi connectivity index (χ1n) is 8.94. The number of carbonyl (C=O) groups is 1. The summed E-state index contributed by atoms with van der Waals surface area (Å²) in [6.07, 6.45) is 1.76. The van der Waals surface area contributed by atoms with Crippen LogP contribution in [0.3, 0.4) is 0 Å². The van der Waals surface area contributed by atoms with E-state index in [1.807, 2.05) is 49.6 Å². The molecule has 0 unspecified atom stereocenters. The average molecular weight is 426 g/mol. The van der Waals surface area contributed by atoms with Gasteiger partial charge in [0.05, 0.1) is 34.0 Å². The number of thiazole rings is 2. The van der Waals surface area contributed by atoms with Crippen LogP contribution in [0, 0.1) is 13.8 Å². The van der Waals surface area contributed by atoms with Gasteiger partial charge in [0.15, 0.2) is 5.13 Å². The standard InChI is InChI=1S/C19H19N7OS2/c1-12-18(29-13(2)21-12)16-11-28-19(22-16)23-17(27)10-26-9-15(24-25-26)8-20-14-6-4-3-5-7-14/h3-7,9,11,20H,8,10H2,1-2H3,(H,22,23,27). The third-order valence-corrected chi connectivity index (χ3v) is 5.88. The lowest BCUT2D eigenvalue weighted by Crippen LogP contribution is -2.19. The largest absolute Gasteiger partial charge is 0.379 e. The Bertz CT molecular complexity index is 1120. The highest BCUT2D eigenvalue weighted by atomic mass is 32.1. The molecule has 0 radical (unpaired) electrons. The number of aromatic nitrogens is 5. The molecule has 10 heteroatoms. The first kappa shape index (κ1) is 19.2. The van der Waals surface area contributed by atoms with Crippen molar-refractivity contribution in [1.29, 1.82) is 0 Å². The van der Waals surface area contributed by atoms with Gasteiger partial charge in [-0.05, 0) is 26.0 Å². The van der Waals surface area contributed by atoms with Crippen molar-refractivity contribution in [3.63, 3.8) is 0 Å². The summed E-state index contributed by atoms with van der Waals surface area (Å²) in [7, 11) is 0. The van der Waals surface area contributed by atoms with Crippen LogP contribution in [0.4, 0.5) is 10.8 Å². The number of aryl methyl sites for hydroxylation is 2. The van der Waals surface area contributed by atoms with Gasteiger partial charge in [-0.2, -0.15) is 0 Å². The number of para-hydroxylation sites is 1. The van der Waals surface area contributed by atoms with Gasteiger partial charge in [0.25, 0.3) is 0 Å². The van der Waals surface area contributed by atoms with Crippen molar-refractivity contribution in [2.75, 3.05) is 10.6 Å². The first-order chi connectivity index (χ1) is 14.1. The van der Waals surface area contributed by atoms with Crippen LogP contribution >= 0.6 is 22.7 Å². The summed E-state index contributed by atoms with van der Waals surface area (Å²) in [5.74, 6) is -0.199. The van der Waals surface area contributed by atoms with Crippen molar-refractivity contribution in [2.24, 2.45) is 0 Å². The van der Waals surface area contributed by atoms with Gasteiger partial charge in [-0.1, -0.05) is 23.4 Å². The van der Waals surface area contributed by atoms with Gasteiger partial charge < -0.3 is 10.6 Å². The number of hydrogen-bond acceptors (Lipinski definition) is 8. The molecule has 148 valence electrons. The normalized spacial score (nSPS) is 10.8. The smallest absolute Gasteiger partial charge is 0.247 e. The maximum atomic E-state index is 12.3. The molecule has 0 aliphatic heterocycles. The monoisotopic (exact) mass is 425 g/mol. The Morgan fingerprint density at radius 2 is 2.00 bits per heavy atom. The van der Waals surface area contributed by atoms with Gasteiger partial charge in [0.2, 0.25) is 5.91 Å². The lowest BCUT2D eigenvalue weighted by molar-refractivity contribution is -0.116. The van der Waals surface area contributed by atoms with Crippen LogP contribution in [0.25, 0.3) is 10.6 Å². The van der Waals surface area contributed by atoms with Crippen molar-refractivity contribution in [3.05, 3.63) is 58.3 Å². The Balaban J connectivity index is 1.32. The van der Waals surface area contributed by atoms with E-state index in [1.165, 1.54) is 16.0 Å². The van der Waals surface area contributed by atoms with Crippen molar-refractivity contribution in [3.8, 4) is 10.6 Å². The zero-order valence-electron chi connectivity index (χ0n) is 15.9. The van der Waals surface area contributed by atoms with E-state index in [2.05, 4.69) is 30.9 Å². The number of benzene rings is 1. The number of rotatable bonds is 7. The lowest BCUT2D eigenvalue weighted by Gasteiger charge is -2.02. The summed E-state index contributed by atoms with van der Waals surface area (Å²) in [4.78, 5) is 22.3. The number of nitrogens with one attached hydrogen (secondary N) is 2. The summed E-state index contributed by atoms with van der Waals surface area (Å²) >= 11 is 2.99. The Labute approximate surface area is 175 Å². The van der Waals surface area contributed by atoms with Crippen LogP contribution in [0.1, 0.15) is 16.4 Å². The van der Waals surface area contributed by atoms with Crippen molar-refractivity contribution in [2.45, 2.75) is 26.9 Å². The van der Waals surface area contributed by atoms with Crippen LogP contribution in [-0.2, 0) is 17.9 Å². The van der Waals surface area contributed by atoms with Crippen molar-refractivity contribution < 1.29 is 4.79 Å². The average Bonchev–Trinajstić information content (AvgIpc) is 3.41. The molecule has 0 atom stereocenters. The zero-order valence-corrected chi connectivity index (χ0v) is 17.5. The quantitative estimate of drug-likeness (QED) is 0.468. The van der Waals surface area contributed by atoms with Crippen LogP contribution in [-0.4, -0.2) is 30.9 Å². The molecule has 1 aromatic carbocycles. The fourth-order valence-electron chi connectivity index (χ4n) is 2.76. The van der Waals surface area contributed by atoms with Gasteiger partial charge in [-0.3, -0.25) is 4.79 Å². The highest BCUT2D eigenvalue weighted by molar-refractivity contribution is 7.16. The molecule has 2 N–H and O–H groups in total. The van der Waals surface area contributed by atoms with E-state index in [0.29, 0.717) is 11.7 Å². The summed E-state index contributed by atoms with van der Waals surface area (Å²) in [5, 5.41) is 17.7. The van der Waals surface area contributed by atoms with Gasteiger partial charge in [-0.15, -0.1) is 27.8 Å². The second kappa shape index (κ2) is 8.50. The minimum Gasteiger partial charge on any atom is -0.379 e. The topological polar surface area (TPSA) is 97.6 Å².